The number of nitrogens with zero attached hydrogens (tertiary/aromatic N) is 7. The number of carbonyl (C=O) groups excluding carboxylic acids is 1. The van der Waals surface area contributed by atoms with Crippen LogP contribution in [0.2, 0.25) is 0 Å². The second-order valence-electron chi connectivity index (χ2n) is 7.78. The first kappa shape index (κ1) is 22.0. The highest BCUT2D eigenvalue weighted by atomic mass is 16.5. The molecule has 35 heavy (non-hydrogen) atoms. The number of imidazole rings is 1. The molecule has 4 aromatic heterocycles. The van der Waals surface area contributed by atoms with Crippen molar-refractivity contribution in [3.8, 4) is 17.5 Å². The van der Waals surface area contributed by atoms with Gasteiger partial charge in [-0.25, -0.2) is 19.4 Å². The Morgan fingerprint density at radius 3 is 2.57 bits per heavy atom. The predicted octanol–water partition coefficient (Wildman–Crippen LogP) is 3.55. The first-order valence-electron chi connectivity index (χ1n) is 10.7. The maximum atomic E-state index is 12.5. The number of carbonyl (C=O) groups is 1. The van der Waals surface area contributed by atoms with Crippen LogP contribution in [0, 0.1) is 13.8 Å². The normalized spacial score (nSPS) is 11.0. The zero-order valence-electron chi connectivity index (χ0n) is 19.6. The summed E-state index contributed by atoms with van der Waals surface area (Å²) in [4.78, 5) is 21.7. The molecule has 0 aliphatic carbocycles. The fourth-order valence-corrected chi connectivity index (χ4v) is 3.65. The third-order valence-electron chi connectivity index (χ3n) is 5.40. The fourth-order valence-electron chi connectivity index (χ4n) is 3.65. The molecule has 0 aliphatic heterocycles. The van der Waals surface area contributed by atoms with E-state index in [0.29, 0.717) is 23.3 Å². The van der Waals surface area contributed by atoms with E-state index < -0.39 is 5.97 Å². The average molecular weight is 470 g/mol. The first-order chi connectivity index (χ1) is 17.0. The molecule has 11 heteroatoms. The predicted molar refractivity (Wildman–Crippen MR) is 129 cm³/mol. The third kappa shape index (κ3) is 4.14. The molecule has 0 saturated heterocycles. The van der Waals surface area contributed by atoms with Crippen LogP contribution in [-0.4, -0.2) is 54.7 Å². The molecule has 1 N–H and O–H groups in total. The van der Waals surface area contributed by atoms with Crippen molar-refractivity contribution >= 4 is 28.5 Å². The second kappa shape index (κ2) is 8.86. The quantitative estimate of drug-likeness (QED) is 0.371. The van der Waals surface area contributed by atoms with Crippen LogP contribution in [0.4, 0.5) is 11.5 Å². The van der Waals surface area contributed by atoms with Gasteiger partial charge in [0.2, 0.25) is 5.88 Å². The molecule has 0 saturated carbocycles. The molecule has 5 aromatic rings. The summed E-state index contributed by atoms with van der Waals surface area (Å²) in [7, 11) is 2.86. The van der Waals surface area contributed by atoms with E-state index in [4.69, 9.17) is 14.5 Å². The Labute approximate surface area is 200 Å². The zero-order chi connectivity index (χ0) is 24.5. The van der Waals surface area contributed by atoms with Crippen LogP contribution >= 0.6 is 0 Å². The second-order valence-corrected chi connectivity index (χ2v) is 7.78. The number of fused-ring (bicyclic) bond motifs is 1. The van der Waals surface area contributed by atoms with Gasteiger partial charge in [0.15, 0.2) is 11.6 Å². The maximum absolute atomic E-state index is 12.5. The van der Waals surface area contributed by atoms with Crippen LogP contribution < -0.4 is 10.1 Å². The van der Waals surface area contributed by atoms with Gasteiger partial charge in [-0.15, -0.1) is 10.2 Å². The number of rotatable bonds is 6. The molecule has 0 bridgehead atoms. The summed E-state index contributed by atoms with van der Waals surface area (Å²) in [5.74, 6) is 1.40. The van der Waals surface area contributed by atoms with E-state index in [-0.39, 0.29) is 5.56 Å². The lowest BCUT2D eigenvalue weighted by atomic mass is 10.2. The molecule has 0 radical (unpaired) electrons. The van der Waals surface area contributed by atoms with E-state index in [2.05, 4.69) is 25.6 Å². The molecular formula is C24H22N8O3. The molecular weight excluding hydrogens is 448 g/mol. The number of esters is 1. The number of methoxy groups -OCH3 is 2. The molecule has 176 valence electrons. The van der Waals surface area contributed by atoms with E-state index in [1.54, 1.807) is 29.2 Å². The highest BCUT2D eigenvalue weighted by Gasteiger charge is 2.20. The monoisotopic (exact) mass is 470 g/mol. The van der Waals surface area contributed by atoms with Crippen LogP contribution in [0.25, 0.3) is 22.7 Å². The van der Waals surface area contributed by atoms with Crippen molar-refractivity contribution in [1.82, 2.24) is 34.5 Å². The number of benzene rings is 1. The molecule has 11 nitrogen and oxygen atoms in total. The standard InChI is InChI=1S/C24H22N8O3/c1-14-5-9-20(29-28-14)26-16-6-8-18-19(12-16)31(13-25-18)21-10-7-17(24(33)35-4)23(27-21)32-15(2)11-22(30-32)34-3/h5-13H,1-4H3,(H,26,29). The topological polar surface area (TPSA) is 122 Å². The Balaban J connectivity index is 1.60. The van der Waals surface area contributed by atoms with Crippen molar-refractivity contribution in [3.05, 3.63) is 71.8 Å². The summed E-state index contributed by atoms with van der Waals surface area (Å²) >= 11 is 0. The van der Waals surface area contributed by atoms with Crippen molar-refractivity contribution in [2.24, 2.45) is 0 Å². The molecule has 0 unspecified atom stereocenters. The SMILES string of the molecule is COC(=O)c1ccc(-n2cnc3ccc(Nc4ccc(C)nn4)cc32)nc1-n1nc(OC)cc1C. The summed E-state index contributed by atoms with van der Waals surface area (Å²) in [5, 5.41) is 15.9. The largest absolute Gasteiger partial charge is 0.480 e. The van der Waals surface area contributed by atoms with E-state index in [1.165, 1.54) is 14.2 Å². The Hall–Kier alpha value is -4.80. The van der Waals surface area contributed by atoms with Gasteiger partial charge in [0.25, 0.3) is 0 Å². The smallest absolute Gasteiger partial charge is 0.341 e. The van der Waals surface area contributed by atoms with Gasteiger partial charge in [-0.3, -0.25) is 4.57 Å². The zero-order valence-corrected chi connectivity index (χ0v) is 19.6. The van der Waals surface area contributed by atoms with Crippen molar-refractivity contribution in [2.45, 2.75) is 13.8 Å². The van der Waals surface area contributed by atoms with E-state index in [9.17, 15) is 4.79 Å². The van der Waals surface area contributed by atoms with Gasteiger partial charge in [0.05, 0.1) is 30.9 Å². The number of ether oxygens (including phenoxy) is 2. The summed E-state index contributed by atoms with van der Waals surface area (Å²) < 4.78 is 13.6. The van der Waals surface area contributed by atoms with Crippen LogP contribution in [0.1, 0.15) is 21.7 Å². The molecule has 1 aromatic carbocycles. The number of pyridine rings is 1. The summed E-state index contributed by atoms with van der Waals surface area (Å²) in [5.41, 5.74) is 4.27. The van der Waals surface area contributed by atoms with Crippen LogP contribution in [0.5, 0.6) is 5.88 Å². The first-order valence-corrected chi connectivity index (χ1v) is 10.7. The number of hydrogen-bond acceptors (Lipinski definition) is 9. The molecule has 4 heterocycles. The Morgan fingerprint density at radius 2 is 1.86 bits per heavy atom. The molecule has 5 rings (SSSR count). The van der Waals surface area contributed by atoms with E-state index in [1.807, 2.05) is 48.7 Å². The van der Waals surface area contributed by atoms with Gasteiger partial charge in [-0.1, -0.05) is 0 Å². The number of nitrogens with one attached hydrogen (secondary N) is 1. The van der Waals surface area contributed by atoms with Crippen LogP contribution in [-0.2, 0) is 4.74 Å². The highest BCUT2D eigenvalue weighted by Crippen LogP contribution is 2.25. The molecule has 0 atom stereocenters. The molecule has 0 spiro atoms. The van der Waals surface area contributed by atoms with Gasteiger partial charge in [-0.05, 0) is 56.3 Å². The number of aromatic nitrogens is 7. The minimum absolute atomic E-state index is 0.273. The van der Waals surface area contributed by atoms with E-state index in [0.717, 1.165) is 28.1 Å². The Morgan fingerprint density at radius 1 is 1.00 bits per heavy atom. The summed E-state index contributed by atoms with van der Waals surface area (Å²) in [6.45, 7) is 3.73. The van der Waals surface area contributed by atoms with Crippen LogP contribution in [0.3, 0.4) is 0 Å². The van der Waals surface area contributed by atoms with Gasteiger partial charge in [0, 0.05) is 17.4 Å². The molecule has 0 amide bonds. The maximum Gasteiger partial charge on any atom is 0.341 e. The van der Waals surface area contributed by atoms with Crippen molar-refractivity contribution in [1.29, 1.82) is 0 Å². The van der Waals surface area contributed by atoms with E-state index >= 15 is 0 Å². The summed E-state index contributed by atoms with van der Waals surface area (Å²) in [6, 6.07) is 14.7. The average Bonchev–Trinajstić information content (AvgIpc) is 3.47. The van der Waals surface area contributed by atoms with Gasteiger partial charge in [-0.2, -0.15) is 5.10 Å². The molecule has 0 fully saturated rings. The van der Waals surface area contributed by atoms with Crippen molar-refractivity contribution in [3.63, 3.8) is 0 Å². The fraction of sp³-hybridized carbons (Fsp3) is 0.167. The number of hydrogen-bond donors (Lipinski definition) is 1. The van der Waals surface area contributed by atoms with Crippen LogP contribution in [0.15, 0.2) is 54.9 Å². The van der Waals surface area contributed by atoms with Crippen molar-refractivity contribution < 1.29 is 14.3 Å². The van der Waals surface area contributed by atoms with Gasteiger partial charge >= 0.3 is 5.97 Å². The van der Waals surface area contributed by atoms with Gasteiger partial charge < -0.3 is 14.8 Å². The molecule has 0 aliphatic rings. The minimum atomic E-state index is -0.519. The summed E-state index contributed by atoms with van der Waals surface area (Å²) in [6.07, 6.45) is 1.68. The van der Waals surface area contributed by atoms with Gasteiger partial charge in [0.1, 0.15) is 17.7 Å². The highest BCUT2D eigenvalue weighted by molar-refractivity contribution is 5.93. The number of anilines is 2. The lowest BCUT2D eigenvalue weighted by molar-refractivity contribution is 0.0600. The lowest BCUT2D eigenvalue weighted by Gasteiger charge is -2.12. The number of aryl methyl sites for hydroxylation is 2. The third-order valence-corrected chi connectivity index (χ3v) is 5.40. The Bertz CT molecular complexity index is 1540. The van der Waals surface area contributed by atoms with Crippen molar-refractivity contribution in [2.75, 3.05) is 19.5 Å². The Kier molecular flexibility index (Phi) is 5.57. The minimum Gasteiger partial charge on any atom is -0.480 e. The lowest BCUT2D eigenvalue weighted by Crippen LogP contribution is -2.13.